The fourth-order valence-electron chi connectivity index (χ4n) is 2.72. The highest BCUT2D eigenvalue weighted by Crippen LogP contribution is 2.20. The number of rotatable bonds is 6. The largest absolute Gasteiger partial charge is 0.348 e. The minimum atomic E-state index is -0.193. The molecule has 1 atom stereocenters. The third-order valence-electron chi connectivity index (χ3n) is 4.30. The fraction of sp³-hybridized carbons (Fsp3) is 0.300. The molecule has 0 radical (unpaired) electrons. The van der Waals surface area contributed by atoms with E-state index in [1.807, 2.05) is 37.3 Å². The minimum Gasteiger partial charge on any atom is -0.348 e. The summed E-state index contributed by atoms with van der Waals surface area (Å²) >= 11 is 6.00. The van der Waals surface area contributed by atoms with Crippen LogP contribution in [0.4, 0.5) is 0 Å². The number of amides is 1. The molecule has 1 N–H and O–H groups in total. The van der Waals surface area contributed by atoms with Gasteiger partial charge in [-0.3, -0.25) is 4.79 Å². The smallest absolute Gasteiger partial charge is 0.244 e. The molecule has 140 valence electrons. The number of nitrogens with one attached hydrogen (secondary N) is 1. The van der Waals surface area contributed by atoms with E-state index in [2.05, 4.69) is 46.7 Å². The number of tetrazole rings is 1. The van der Waals surface area contributed by atoms with Gasteiger partial charge >= 0.3 is 0 Å². The number of hydrogen-bond acceptors (Lipinski definition) is 4. The highest BCUT2D eigenvalue weighted by atomic mass is 35.5. The van der Waals surface area contributed by atoms with Crippen molar-refractivity contribution < 1.29 is 4.79 Å². The van der Waals surface area contributed by atoms with Crippen molar-refractivity contribution in [2.45, 2.75) is 39.3 Å². The van der Waals surface area contributed by atoms with Gasteiger partial charge < -0.3 is 5.32 Å². The van der Waals surface area contributed by atoms with Crippen LogP contribution in [0.5, 0.6) is 0 Å². The Morgan fingerprint density at radius 2 is 1.85 bits per heavy atom. The second kappa shape index (κ2) is 8.31. The summed E-state index contributed by atoms with van der Waals surface area (Å²) in [5.41, 5.74) is 3.06. The molecule has 0 fully saturated rings. The molecule has 27 heavy (non-hydrogen) atoms. The summed E-state index contributed by atoms with van der Waals surface area (Å²) in [6.45, 7) is 6.20. The van der Waals surface area contributed by atoms with Gasteiger partial charge in [-0.15, -0.1) is 10.2 Å². The zero-order chi connectivity index (χ0) is 19.4. The summed E-state index contributed by atoms with van der Waals surface area (Å²) < 4.78 is 0. The first-order chi connectivity index (χ1) is 12.9. The molecule has 0 saturated heterocycles. The van der Waals surface area contributed by atoms with Crippen LogP contribution in [0.2, 0.25) is 5.02 Å². The lowest BCUT2D eigenvalue weighted by Gasteiger charge is -2.14. The molecule has 1 amide bonds. The molecule has 3 aromatic rings. The van der Waals surface area contributed by atoms with Gasteiger partial charge in [0, 0.05) is 10.6 Å². The van der Waals surface area contributed by atoms with E-state index in [0.717, 1.165) is 11.1 Å². The zero-order valence-corrected chi connectivity index (χ0v) is 16.3. The monoisotopic (exact) mass is 383 g/mol. The molecule has 1 aromatic heterocycles. The minimum absolute atomic E-state index is 0.00197. The Morgan fingerprint density at radius 3 is 2.52 bits per heavy atom. The Bertz CT molecular complexity index is 920. The molecule has 0 aliphatic carbocycles. The van der Waals surface area contributed by atoms with Crippen LogP contribution in [-0.2, 0) is 11.3 Å². The van der Waals surface area contributed by atoms with Gasteiger partial charge in [-0.05, 0) is 41.3 Å². The first-order valence-electron chi connectivity index (χ1n) is 8.85. The summed E-state index contributed by atoms with van der Waals surface area (Å²) in [4.78, 5) is 13.6. The van der Waals surface area contributed by atoms with E-state index in [1.165, 1.54) is 10.4 Å². The molecule has 3 rings (SSSR count). The predicted octanol–water partition coefficient (Wildman–Crippen LogP) is 3.99. The number of carbonyl (C=O) groups excluding carboxylic acids is 1. The average Bonchev–Trinajstić information content (AvgIpc) is 3.10. The normalized spacial score (nSPS) is 12.2. The van der Waals surface area contributed by atoms with Crippen LogP contribution in [0, 0.1) is 0 Å². The van der Waals surface area contributed by atoms with Crippen molar-refractivity contribution in [2.24, 2.45) is 0 Å². The molecule has 0 aliphatic heterocycles. The lowest BCUT2D eigenvalue weighted by molar-refractivity contribution is -0.122. The van der Waals surface area contributed by atoms with Crippen molar-refractivity contribution in [1.29, 1.82) is 0 Å². The van der Waals surface area contributed by atoms with Crippen LogP contribution in [0.25, 0.3) is 11.4 Å². The third-order valence-corrected chi connectivity index (χ3v) is 4.53. The summed E-state index contributed by atoms with van der Waals surface area (Å²) in [6, 6.07) is 15.3. The Hall–Kier alpha value is -2.73. The molecule has 0 aliphatic rings. The quantitative estimate of drug-likeness (QED) is 0.698. The van der Waals surface area contributed by atoms with E-state index in [1.54, 1.807) is 6.07 Å². The molecule has 6 nitrogen and oxygen atoms in total. The fourth-order valence-corrected chi connectivity index (χ4v) is 2.92. The van der Waals surface area contributed by atoms with Crippen molar-refractivity contribution in [3.8, 4) is 11.4 Å². The molecule has 0 unspecified atom stereocenters. The number of halogens is 1. The summed E-state index contributed by atoms with van der Waals surface area (Å²) in [7, 11) is 0. The topological polar surface area (TPSA) is 72.7 Å². The van der Waals surface area contributed by atoms with E-state index in [0.29, 0.717) is 16.8 Å². The molecule has 1 heterocycles. The first kappa shape index (κ1) is 19.0. The van der Waals surface area contributed by atoms with Crippen LogP contribution >= 0.6 is 11.6 Å². The lowest BCUT2D eigenvalue weighted by atomic mass is 10.0. The number of carbonyl (C=O) groups is 1. The molecule has 0 spiro atoms. The maximum atomic E-state index is 12.3. The van der Waals surface area contributed by atoms with E-state index in [9.17, 15) is 4.79 Å². The SMILES string of the molecule is CC(C)c1ccc(-c2nnn(CC(=O)N[C@@H](C)c3cccc(Cl)c3)n2)cc1. The summed E-state index contributed by atoms with van der Waals surface area (Å²) in [5.74, 6) is 0.774. The van der Waals surface area contributed by atoms with Gasteiger partial charge in [0.15, 0.2) is 0 Å². The molecule has 7 heteroatoms. The van der Waals surface area contributed by atoms with Gasteiger partial charge in [0.25, 0.3) is 0 Å². The van der Waals surface area contributed by atoms with Crippen molar-refractivity contribution >= 4 is 17.5 Å². The highest BCUT2D eigenvalue weighted by Gasteiger charge is 2.13. The maximum Gasteiger partial charge on any atom is 0.244 e. The second-order valence-corrected chi connectivity index (χ2v) is 7.20. The van der Waals surface area contributed by atoms with Crippen molar-refractivity contribution in [3.63, 3.8) is 0 Å². The van der Waals surface area contributed by atoms with Crippen LogP contribution in [0.3, 0.4) is 0 Å². The van der Waals surface area contributed by atoms with Gasteiger partial charge in [0.2, 0.25) is 11.7 Å². The standard InChI is InChI=1S/C20H22ClN5O/c1-13(2)15-7-9-16(10-8-15)20-23-25-26(24-20)12-19(27)22-14(3)17-5-4-6-18(21)11-17/h4-11,13-14H,12H2,1-3H3,(H,22,27)/t14-/m0/s1. The predicted molar refractivity (Wildman–Crippen MR) is 105 cm³/mol. The van der Waals surface area contributed by atoms with E-state index >= 15 is 0 Å². The number of nitrogens with zero attached hydrogens (tertiary/aromatic N) is 4. The number of hydrogen-bond donors (Lipinski definition) is 1. The maximum absolute atomic E-state index is 12.3. The van der Waals surface area contributed by atoms with Crippen molar-refractivity contribution in [2.75, 3.05) is 0 Å². The number of aromatic nitrogens is 4. The van der Waals surface area contributed by atoms with Gasteiger partial charge in [0.1, 0.15) is 6.54 Å². The van der Waals surface area contributed by atoms with Crippen LogP contribution in [-0.4, -0.2) is 26.1 Å². The van der Waals surface area contributed by atoms with Crippen LogP contribution in [0.1, 0.15) is 43.9 Å². The summed E-state index contributed by atoms with van der Waals surface area (Å²) in [5, 5.41) is 15.9. The number of benzene rings is 2. The van der Waals surface area contributed by atoms with Crippen molar-refractivity contribution in [3.05, 3.63) is 64.7 Å². The lowest BCUT2D eigenvalue weighted by Crippen LogP contribution is -2.30. The van der Waals surface area contributed by atoms with Crippen molar-refractivity contribution in [1.82, 2.24) is 25.5 Å². The molecule has 2 aromatic carbocycles. The Morgan fingerprint density at radius 1 is 1.11 bits per heavy atom. The molecular formula is C20H22ClN5O. The van der Waals surface area contributed by atoms with E-state index in [-0.39, 0.29) is 18.5 Å². The average molecular weight is 384 g/mol. The van der Waals surface area contributed by atoms with E-state index in [4.69, 9.17) is 11.6 Å². The zero-order valence-electron chi connectivity index (χ0n) is 15.6. The Labute approximate surface area is 163 Å². The van der Waals surface area contributed by atoms with Gasteiger partial charge in [-0.1, -0.05) is 61.8 Å². The van der Waals surface area contributed by atoms with Crippen LogP contribution in [0.15, 0.2) is 48.5 Å². The third kappa shape index (κ3) is 4.92. The Kier molecular flexibility index (Phi) is 5.86. The van der Waals surface area contributed by atoms with E-state index < -0.39 is 0 Å². The molecular weight excluding hydrogens is 362 g/mol. The first-order valence-corrected chi connectivity index (χ1v) is 9.23. The second-order valence-electron chi connectivity index (χ2n) is 6.76. The van der Waals surface area contributed by atoms with Gasteiger partial charge in [-0.2, -0.15) is 4.80 Å². The highest BCUT2D eigenvalue weighted by molar-refractivity contribution is 6.30. The molecule has 0 saturated carbocycles. The molecule has 0 bridgehead atoms. The van der Waals surface area contributed by atoms with Gasteiger partial charge in [-0.25, -0.2) is 0 Å². The van der Waals surface area contributed by atoms with Crippen LogP contribution < -0.4 is 5.32 Å². The van der Waals surface area contributed by atoms with Gasteiger partial charge in [0.05, 0.1) is 6.04 Å². The Balaban J connectivity index is 1.62. The summed E-state index contributed by atoms with van der Waals surface area (Å²) in [6.07, 6.45) is 0.